The van der Waals surface area contributed by atoms with Crippen LogP contribution in [-0.2, 0) is 6.54 Å². The van der Waals surface area contributed by atoms with Gasteiger partial charge in [0.2, 0.25) is 5.89 Å². The summed E-state index contributed by atoms with van der Waals surface area (Å²) in [5.74, 6) is 1.57. The monoisotopic (exact) mass is 288 g/mol. The highest BCUT2D eigenvalue weighted by atomic mass is 16.4. The molecular weight excluding hydrogens is 268 g/mol. The second-order valence-electron chi connectivity index (χ2n) is 5.29. The van der Waals surface area contributed by atoms with Crippen LogP contribution in [0.5, 0.6) is 0 Å². The Morgan fingerprint density at radius 1 is 1.33 bits per heavy atom. The Balaban J connectivity index is 2.09. The Morgan fingerprint density at radius 2 is 2.05 bits per heavy atom. The molecule has 0 saturated carbocycles. The number of carbonyl (C=O) groups excluding carboxylic acids is 1. The molecule has 2 heterocycles. The summed E-state index contributed by atoms with van der Waals surface area (Å²) in [5.41, 5.74) is 7.86. The van der Waals surface area contributed by atoms with Crippen LogP contribution in [-0.4, -0.2) is 15.9 Å². The number of oxazole rings is 1. The summed E-state index contributed by atoms with van der Waals surface area (Å²) in [5, 5.41) is 2.77. The molecule has 2 aromatic rings. The molecule has 0 aliphatic carbocycles. The molecule has 0 saturated heterocycles. The van der Waals surface area contributed by atoms with Crippen LogP contribution in [0.3, 0.4) is 0 Å². The third-order valence-electron chi connectivity index (χ3n) is 3.19. The van der Waals surface area contributed by atoms with E-state index in [1.165, 1.54) is 0 Å². The maximum atomic E-state index is 12.2. The summed E-state index contributed by atoms with van der Waals surface area (Å²) >= 11 is 0. The van der Waals surface area contributed by atoms with E-state index in [0.717, 1.165) is 17.1 Å². The highest BCUT2D eigenvalue weighted by Gasteiger charge is 2.12. The molecular formula is C15H20N4O2. The smallest absolute Gasteiger partial charge is 0.251 e. The van der Waals surface area contributed by atoms with Crippen LogP contribution in [0, 0.1) is 13.8 Å². The Bertz CT molecular complexity index is 642. The van der Waals surface area contributed by atoms with Crippen molar-refractivity contribution in [3.05, 3.63) is 40.7 Å². The number of amides is 1. The molecule has 6 heteroatoms. The zero-order valence-electron chi connectivity index (χ0n) is 12.7. The van der Waals surface area contributed by atoms with E-state index in [2.05, 4.69) is 15.3 Å². The van der Waals surface area contributed by atoms with Crippen molar-refractivity contribution in [2.24, 2.45) is 0 Å². The zero-order valence-corrected chi connectivity index (χ0v) is 12.7. The van der Waals surface area contributed by atoms with Crippen LogP contribution in [0.2, 0.25) is 0 Å². The molecule has 0 radical (unpaired) electrons. The van der Waals surface area contributed by atoms with Gasteiger partial charge < -0.3 is 15.5 Å². The Morgan fingerprint density at radius 3 is 2.62 bits per heavy atom. The minimum atomic E-state index is -0.223. The SMILES string of the molecule is Cc1nc(CNC(=O)c2cc(N)nc(C(C)C)c2)oc1C. The standard InChI is InChI=1S/C15H20N4O2/c1-8(2)12-5-11(6-13(16)19-12)15(20)17-7-14-18-9(3)10(4)21-14/h5-6,8H,7H2,1-4H3,(H2,16,19)(H,17,20). The summed E-state index contributed by atoms with van der Waals surface area (Å²) in [6.07, 6.45) is 0. The minimum Gasteiger partial charge on any atom is -0.444 e. The lowest BCUT2D eigenvalue weighted by atomic mass is 10.1. The average molecular weight is 288 g/mol. The number of aryl methyl sites for hydroxylation is 2. The van der Waals surface area contributed by atoms with Crippen LogP contribution in [0.15, 0.2) is 16.5 Å². The fourth-order valence-electron chi connectivity index (χ4n) is 1.87. The van der Waals surface area contributed by atoms with Gasteiger partial charge in [-0.25, -0.2) is 9.97 Å². The first-order chi connectivity index (χ1) is 9.86. The van der Waals surface area contributed by atoms with Gasteiger partial charge in [0, 0.05) is 11.3 Å². The van der Waals surface area contributed by atoms with Crippen molar-refractivity contribution in [1.82, 2.24) is 15.3 Å². The number of nitrogens with zero attached hydrogens (tertiary/aromatic N) is 2. The molecule has 0 bridgehead atoms. The van der Waals surface area contributed by atoms with Gasteiger partial charge in [-0.2, -0.15) is 0 Å². The fraction of sp³-hybridized carbons (Fsp3) is 0.400. The van der Waals surface area contributed by atoms with Gasteiger partial charge in [-0.1, -0.05) is 13.8 Å². The Hall–Kier alpha value is -2.37. The lowest BCUT2D eigenvalue weighted by Gasteiger charge is -2.09. The molecule has 0 atom stereocenters. The van der Waals surface area contributed by atoms with Crippen LogP contribution in [0.25, 0.3) is 0 Å². The maximum Gasteiger partial charge on any atom is 0.251 e. The summed E-state index contributed by atoms with van der Waals surface area (Å²) < 4.78 is 5.42. The normalized spacial score (nSPS) is 10.9. The third kappa shape index (κ3) is 3.59. The number of rotatable bonds is 4. The number of carbonyl (C=O) groups is 1. The first-order valence-electron chi connectivity index (χ1n) is 6.85. The largest absolute Gasteiger partial charge is 0.444 e. The van der Waals surface area contributed by atoms with Crippen molar-refractivity contribution in [2.45, 2.75) is 40.2 Å². The van der Waals surface area contributed by atoms with Gasteiger partial charge >= 0.3 is 0 Å². The quantitative estimate of drug-likeness (QED) is 0.900. The summed E-state index contributed by atoms with van der Waals surface area (Å²) in [6.45, 7) is 7.95. The molecule has 21 heavy (non-hydrogen) atoms. The van der Waals surface area contributed by atoms with Gasteiger partial charge in [-0.15, -0.1) is 0 Å². The predicted molar refractivity (Wildman–Crippen MR) is 79.9 cm³/mol. The predicted octanol–water partition coefficient (Wildman–Crippen LogP) is 2.32. The number of pyridine rings is 1. The second-order valence-corrected chi connectivity index (χ2v) is 5.29. The third-order valence-corrected chi connectivity index (χ3v) is 3.19. The second kappa shape index (κ2) is 5.95. The molecule has 0 spiro atoms. The van der Waals surface area contributed by atoms with E-state index in [0.29, 0.717) is 17.3 Å². The summed E-state index contributed by atoms with van der Waals surface area (Å²) in [7, 11) is 0. The highest BCUT2D eigenvalue weighted by molar-refractivity contribution is 5.94. The van der Waals surface area contributed by atoms with Gasteiger partial charge in [0.25, 0.3) is 5.91 Å². The first kappa shape index (κ1) is 15.0. The van der Waals surface area contributed by atoms with Crippen molar-refractivity contribution in [3.8, 4) is 0 Å². The van der Waals surface area contributed by atoms with E-state index in [1.54, 1.807) is 12.1 Å². The van der Waals surface area contributed by atoms with Crippen LogP contribution in [0.4, 0.5) is 5.82 Å². The van der Waals surface area contributed by atoms with Crippen molar-refractivity contribution in [1.29, 1.82) is 0 Å². The molecule has 0 fully saturated rings. The average Bonchev–Trinajstić information content (AvgIpc) is 2.74. The van der Waals surface area contributed by atoms with Crippen LogP contribution < -0.4 is 11.1 Å². The number of nitrogens with one attached hydrogen (secondary N) is 1. The van der Waals surface area contributed by atoms with Gasteiger partial charge in [-0.05, 0) is 31.9 Å². The topological polar surface area (TPSA) is 94.0 Å². The fourth-order valence-corrected chi connectivity index (χ4v) is 1.87. The highest BCUT2D eigenvalue weighted by Crippen LogP contribution is 2.16. The lowest BCUT2D eigenvalue weighted by Crippen LogP contribution is -2.23. The molecule has 6 nitrogen and oxygen atoms in total. The van der Waals surface area contributed by atoms with Crippen LogP contribution in [0.1, 0.15) is 53.2 Å². The van der Waals surface area contributed by atoms with Crippen molar-refractivity contribution in [2.75, 3.05) is 5.73 Å². The van der Waals surface area contributed by atoms with Gasteiger partial charge in [-0.3, -0.25) is 4.79 Å². The van der Waals surface area contributed by atoms with Crippen molar-refractivity contribution < 1.29 is 9.21 Å². The molecule has 0 unspecified atom stereocenters. The number of nitrogen functional groups attached to an aromatic ring is 1. The van der Waals surface area contributed by atoms with E-state index in [1.807, 2.05) is 27.7 Å². The molecule has 0 aromatic carbocycles. The minimum absolute atomic E-state index is 0.206. The summed E-state index contributed by atoms with van der Waals surface area (Å²) in [6, 6.07) is 3.32. The molecule has 3 N–H and O–H groups in total. The van der Waals surface area contributed by atoms with Gasteiger partial charge in [0.1, 0.15) is 11.6 Å². The molecule has 1 amide bonds. The van der Waals surface area contributed by atoms with E-state index in [4.69, 9.17) is 10.2 Å². The molecule has 112 valence electrons. The van der Waals surface area contributed by atoms with Crippen molar-refractivity contribution >= 4 is 11.7 Å². The van der Waals surface area contributed by atoms with Gasteiger partial charge in [0.05, 0.1) is 12.2 Å². The van der Waals surface area contributed by atoms with Gasteiger partial charge in [0.15, 0.2) is 0 Å². The van der Waals surface area contributed by atoms with E-state index in [-0.39, 0.29) is 18.4 Å². The Labute approximate surface area is 123 Å². The van der Waals surface area contributed by atoms with E-state index < -0.39 is 0 Å². The maximum absolute atomic E-state index is 12.2. The van der Waals surface area contributed by atoms with E-state index >= 15 is 0 Å². The summed E-state index contributed by atoms with van der Waals surface area (Å²) in [4.78, 5) is 20.6. The Kier molecular flexibility index (Phi) is 4.26. The van der Waals surface area contributed by atoms with Crippen LogP contribution >= 0.6 is 0 Å². The molecule has 2 aromatic heterocycles. The molecule has 0 aliphatic rings. The number of hydrogen-bond acceptors (Lipinski definition) is 5. The lowest BCUT2D eigenvalue weighted by molar-refractivity contribution is 0.0947. The molecule has 2 rings (SSSR count). The molecule has 0 aliphatic heterocycles. The first-order valence-corrected chi connectivity index (χ1v) is 6.85. The number of aromatic nitrogens is 2. The number of nitrogens with two attached hydrogens (primary N) is 1. The zero-order chi connectivity index (χ0) is 15.6. The van der Waals surface area contributed by atoms with E-state index in [9.17, 15) is 4.79 Å². The van der Waals surface area contributed by atoms with Crippen molar-refractivity contribution in [3.63, 3.8) is 0 Å². The number of anilines is 1. The number of hydrogen-bond donors (Lipinski definition) is 2.